The van der Waals surface area contributed by atoms with Gasteiger partial charge in [0.05, 0.1) is 17.9 Å². The van der Waals surface area contributed by atoms with Gasteiger partial charge in [-0.2, -0.15) is 0 Å². The molecule has 0 unspecified atom stereocenters. The predicted molar refractivity (Wildman–Crippen MR) is 81.0 cm³/mol. The van der Waals surface area contributed by atoms with E-state index in [4.69, 9.17) is 10.5 Å². The molecule has 116 valence electrons. The van der Waals surface area contributed by atoms with E-state index in [-0.39, 0.29) is 23.8 Å². The molecule has 0 aliphatic heterocycles. The summed E-state index contributed by atoms with van der Waals surface area (Å²) in [5, 5.41) is 5.73. The van der Waals surface area contributed by atoms with Gasteiger partial charge in [0.15, 0.2) is 0 Å². The molecule has 1 amide bonds. The van der Waals surface area contributed by atoms with Crippen LogP contribution in [0.3, 0.4) is 0 Å². The highest BCUT2D eigenvalue weighted by Crippen LogP contribution is 2.20. The number of nitrogens with zero attached hydrogens (tertiary/aromatic N) is 1. The number of ether oxygens (including phenoxy) is 1. The van der Waals surface area contributed by atoms with E-state index in [9.17, 15) is 9.59 Å². The number of anilines is 2. The fourth-order valence-electron chi connectivity index (χ4n) is 1.65. The number of rotatable bonds is 8. The molecule has 0 spiro atoms. The molecule has 1 aromatic heterocycles. The molecule has 21 heavy (non-hydrogen) atoms. The first-order valence-corrected chi connectivity index (χ1v) is 7.02. The van der Waals surface area contributed by atoms with E-state index in [0.717, 1.165) is 6.42 Å². The molecule has 0 bridgehead atoms. The summed E-state index contributed by atoms with van der Waals surface area (Å²) >= 11 is 0. The Labute approximate surface area is 124 Å². The molecule has 0 saturated carbocycles. The highest BCUT2D eigenvalue weighted by atomic mass is 16.5. The molecular weight excluding hydrogens is 272 g/mol. The number of esters is 1. The Balaban J connectivity index is 2.58. The van der Waals surface area contributed by atoms with Gasteiger partial charge >= 0.3 is 5.97 Å². The van der Waals surface area contributed by atoms with E-state index in [1.54, 1.807) is 6.92 Å². The molecule has 7 nitrogen and oxygen atoms in total. The fraction of sp³-hybridized carbons (Fsp3) is 0.500. The molecule has 1 heterocycles. The van der Waals surface area contributed by atoms with Crippen LogP contribution in [0, 0.1) is 0 Å². The zero-order valence-electron chi connectivity index (χ0n) is 12.4. The lowest BCUT2D eigenvalue weighted by Gasteiger charge is -2.11. The number of hydrogen-bond acceptors (Lipinski definition) is 6. The first-order valence-electron chi connectivity index (χ1n) is 7.02. The molecule has 1 aromatic rings. The number of pyridine rings is 1. The van der Waals surface area contributed by atoms with E-state index < -0.39 is 5.97 Å². The summed E-state index contributed by atoms with van der Waals surface area (Å²) in [6.45, 7) is 5.05. The van der Waals surface area contributed by atoms with Gasteiger partial charge in [0.25, 0.3) is 0 Å². The average molecular weight is 294 g/mol. The van der Waals surface area contributed by atoms with Crippen molar-refractivity contribution in [2.45, 2.75) is 26.7 Å². The summed E-state index contributed by atoms with van der Waals surface area (Å²) in [6, 6.07) is 1.51. The van der Waals surface area contributed by atoms with Crippen LogP contribution in [0.2, 0.25) is 0 Å². The van der Waals surface area contributed by atoms with Crippen LogP contribution < -0.4 is 16.4 Å². The predicted octanol–water partition coefficient (Wildman–Crippen LogP) is 1.17. The number of nitrogens with one attached hydrogen (secondary N) is 2. The Kier molecular flexibility index (Phi) is 7.00. The Morgan fingerprint density at radius 2 is 2.10 bits per heavy atom. The maximum absolute atomic E-state index is 11.7. The molecule has 0 radical (unpaired) electrons. The molecule has 0 saturated heterocycles. The molecule has 0 atom stereocenters. The molecule has 0 aliphatic rings. The summed E-state index contributed by atoms with van der Waals surface area (Å²) in [6.07, 6.45) is 2.68. The Morgan fingerprint density at radius 3 is 2.76 bits per heavy atom. The van der Waals surface area contributed by atoms with Crippen LogP contribution in [0.25, 0.3) is 0 Å². The lowest BCUT2D eigenvalue weighted by atomic mass is 10.2. The van der Waals surface area contributed by atoms with Gasteiger partial charge in [-0.15, -0.1) is 0 Å². The van der Waals surface area contributed by atoms with Gasteiger partial charge in [0, 0.05) is 25.7 Å². The van der Waals surface area contributed by atoms with E-state index in [1.807, 2.05) is 6.92 Å². The van der Waals surface area contributed by atoms with Crippen LogP contribution in [-0.2, 0) is 9.53 Å². The minimum Gasteiger partial charge on any atom is -0.462 e. The van der Waals surface area contributed by atoms with Crippen molar-refractivity contribution in [3.8, 4) is 0 Å². The summed E-state index contributed by atoms with van der Waals surface area (Å²) in [7, 11) is 0. The minimum atomic E-state index is -0.485. The zero-order valence-corrected chi connectivity index (χ0v) is 12.4. The van der Waals surface area contributed by atoms with Crippen molar-refractivity contribution in [3.63, 3.8) is 0 Å². The van der Waals surface area contributed by atoms with Crippen molar-refractivity contribution in [1.29, 1.82) is 0 Å². The molecule has 1 rings (SSSR count). The Hall–Kier alpha value is -2.31. The van der Waals surface area contributed by atoms with Crippen molar-refractivity contribution >= 4 is 23.4 Å². The van der Waals surface area contributed by atoms with Crippen molar-refractivity contribution in [2.75, 3.05) is 30.7 Å². The first kappa shape index (κ1) is 16.7. The van der Waals surface area contributed by atoms with Crippen LogP contribution in [0.15, 0.2) is 12.3 Å². The molecule has 4 N–H and O–H groups in total. The zero-order chi connectivity index (χ0) is 15.7. The van der Waals surface area contributed by atoms with Crippen LogP contribution in [0.5, 0.6) is 0 Å². The minimum absolute atomic E-state index is 0.0375. The third-order valence-corrected chi connectivity index (χ3v) is 2.70. The van der Waals surface area contributed by atoms with Gasteiger partial charge in [0.2, 0.25) is 5.91 Å². The number of aromatic nitrogens is 1. The van der Waals surface area contributed by atoms with Gasteiger partial charge < -0.3 is 21.1 Å². The van der Waals surface area contributed by atoms with E-state index in [1.165, 1.54) is 12.3 Å². The Morgan fingerprint density at radius 1 is 1.33 bits per heavy atom. The second-order valence-corrected chi connectivity index (χ2v) is 4.37. The lowest BCUT2D eigenvalue weighted by molar-refractivity contribution is -0.120. The van der Waals surface area contributed by atoms with E-state index in [2.05, 4.69) is 15.6 Å². The highest BCUT2D eigenvalue weighted by Gasteiger charge is 2.14. The lowest BCUT2D eigenvalue weighted by Crippen LogP contribution is -2.26. The summed E-state index contributed by atoms with van der Waals surface area (Å²) in [5.74, 6) is -0.144. The monoisotopic (exact) mass is 294 g/mol. The number of nitrogens with two attached hydrogens (primary N) is 1. The average Bonchev–Trinajstić information content (AvgIpc) is 2.47. The van der Waals surface area contributed by atoms with Gasteiger partial charge in [-0.05, 0) is 19.4 Å². The van der Waals surface area contributed by atoms with Crippen LogP contribution >= 0.6 is 0 Å². The fourth-order valence-corrected chi connectivity index (χ4v) is 1.65. The van der Waals surface area contributed by atoms with Crippen LogP contribution in [0.4, 0.5) is 11.5 Å². The SMILES string of the molecule is CCCNC(=O)CCNc1nccc(C(=O)OCC)c1N. The number of carbonyl (C=O) groups excluding carboxylic acids is 2. The largest absolute Gasteiger partial charge is 0.462 e. The van der Waals surface area contributed by atoms with Crippen molar-refractivity contribution < 1.29 is 14.3 Å². The van der Waals surface area contributed by atoms with Gasteiger partial charge in [-0.25, -0.2) is 9.78 Å². The summed E-state index contributed by atoms with van der Waals surface area (Å²) < 4.78 is 4.91. The van der Waals surface area contributed by atoms with Gasteiger partial charge in [-0.1, -0.05) is 6.92 Å². The normalized spacial score (nSPS) is 10.0. The van der Waals surface area contributed by atoms with Crippen molar-refractivity contribution in [1.82, 2.24) is 10.3 Å². The van der Waals surface area contributed by atoms with Crippen LogP contribution in [-0.4, -0.2) is 36.6 Å². The summed E-state index contributed by atoms with van der Waals surface area (Å²) in [4.78, 5) is 27.2. The van der Waals surface area contributed by atoms with Gasteiger partial charge in [0.1, 0.15) is 5.82 Å². The maximum Gasteiger partial charge on any atom is 0.340 e. The summed E-state index contributed by atoms with van der Waals surface area (Å²) in [5.41, 5.74) is 6.38. The van der Waals surface area contributed by atoms with E-state index >= 15 is 0 Å². The standard InChI is InChI=1S/C14H22N4O3/c1-3-7-16-11(19)6-9-18-13-12(15)10(5-8-17-13)14(20)21-4-2/h5,8H,3-4,6-7,9,15H2,1-2H3,(H,16,19)(H,17,18). The van der Waals surface area contributed by atoms with E-state index in [0.29, 0.717) is 25.3 Å². The quantitative estimate of drug-likeness (QED) is 0.621. The molecule has 0 fully saturated rings. The third-order valence-electron chi connectivity index (χ3n) is 2.70. The second-order valence-electron chi connectivity index (χ2n) is 4.37. The molecule has 0 aliphatic carbocycles. The molecule has 7 heteroatoms. The topological polar surface area (TPSA) is 106 Å². The van der Waals surface area contributed by atoms with Crippen molar-refractivity contribution in [3.05, 3.63) is 17.8 Å². The number of hydrogen-bond donors (Lipinski definition) is 3. The van der Waals surface area contributed by atoms with Gasteiger partial charge in [-0.3, -0.25) is 4.79 Å². The molecule has 0 aromatic carbocycles. The highest BCUT2D eigenvalue weighted by molar-refractivity contribution is 5.97. The first-order chi connectivity index (χ1) is 10.1. The Bertz CT molecular complexity index is 491. The smallest absolute Gasteiger partial charge is 0.340 e. The third kappa shape index (κ3) is 5.29. The maximum atomic E-state index is 11.7. The number of carbonyl (C=O) groups is 2. The number of nitrogen functional groups attached to an aromatic ring is 1. The number of amides is 1. The van der Waals surface area contributed by atoms with Crippen molar-refractivity contribution in [2.24, 2.45) is 0 Å². The molecular formula is C14H22N4O3. The van der Waals surface area contributed by atoms with Crippen LogP contribution in [0.1, 0.15) is 37.0 Å². The second kappa shape index (κ2) is 8.78.